The van der Waals surface area contributed by atoms with Gasteiger partial charge in [0.25, 0.3) is 0 Å². The largest absolute Gasteiger partial charge is 0.454 e. The van der Waals surface area contributed by atoms with E-state index in [-0.39, 0.29) is 0 Å². The second-order valence-corrected chi connectivity index (χ2v) is 4.38. The van der Waals surface area contributed by atoms with Crippen molar-refractivity contribution in [2.24, 2.45) is 5.73 Å². The lowest BCUT2D eigenvalue weighted by molar-refractivity contribution is 0.172. The van der Waals surface area contributed by atoms with Crippen LogP contribution in [0.3, 0.4) is 0 Å². The Morgan fingerprint density at radius 3 is 2.93 bits per heavy atom. The van der Waals surface area contributed by atoms with Gasteiger partial charge in [0.2, 0.25) is 6.79 Å². The first-order chi connectivity index (χ1) is 7.27. The highest BCUT2D eigenvalue weighted by molar-refractivity contribution is 7.98. The Labute approximate surface area is 93.9 Å². The number of hydrogen-bond donors (Lipinski definition) is 1. The van der Waals surface area contributed by atoms with Gasteiger partial charge in [0.05, 0.1) is 4.90 Å². The number of fused-ring (bicyclic) bond motifs is 1. The third-order valence-corrected chi connectivity index (χ3v) is 3.44. The van der Waals surface area contributed by atoms with Crippen LogP contribution >= 0.6 is 11.8 Å². The normalized spacial score (nSPS) is 15.4. The van der Waals surface area contributed by atoms with Crippen LogP contribution in [-0.2, 0) is 0 Å². The smallest absolute Gasteiger partial charge is 0.231 e. The standard InChI is InChI=1S/C11H15NO2S/c1-7(5-12)8-3-4-9-10(11(8)15-2)14-6-13-9/h3-4,7H,5-6,12H2,1-2H3. The maximum absolute atomic E-state index is 5.69. The van der Waals surface area contributed by atoms with E-state index < -0.39 is 0 Å². The fourth-order valence-corrected chi connectivity index (χ4v) is 2.54. The van der Waals surface area contributed by atoms with Gasteiger partial charge in [-0.2, -0.15) is 0 Å². The molecule has 0 spiro atoms. The molecule has 15 heavy (non-hydrogen) atoms. The van der Waals surface area contributed by atoms with Gasteiger partial charge in [-0.1, -0.05) is 13.0 Å². The average Bonchev–Trinajstić information content (AvgIpc) is 2.74. The molecule has 0 aliphatic carbocycles. The lowest BCUT2D eigenvalue weighted by Gasteiger charge is -2.14. The number of ether oxygens (including phenoxy) is 2. The van der Waals surface area contributed by atoms with Crippen molar-refractivity contribution < 1.29 is 9.47 Å². The molecule has 0 saturated heterocycles. The molecular weight excluding hydrogens is 210 g/mol. The van der Waals surface area contributed by atoms with Crippen molar-refractivity contribution in [2.75, 3.05) is 19.6 Å². The third-order valence-electron chi connectivity index (χ3n) is 2.61. The molecule has 1 aromatic carbocycles. The summed E-state index contributed by atoms with van der Waals surface area (Å²) in [5, 5.41) is 0. The minimum atomic E-state index is 0.323. The molecule has 1 heterocycles. The minimum absolute atomic E-state index is 0.323. The van der Waals surface area contributed by atoms with Crippen LogP contribution in [-0.4, -0.2) is 19.6 Å². The number of rotatable bonds is 3. The molecule has 1 aliphatic heterocycles. The molecule has 1 unspecified atom stereocenters. The molecule has 2 rings (SSSR count). The van der Waals surface area contributed by atoms with Crippen LogP contribution in [0.25, 0.3) is 0 Å². The van der Waals surface area contributed by atoms with Crippen molar-refractivity contribution in [1.82, 2.24) is 0 Å². The summed E-state index contributed by atoms with van der Waals surface area (Å²) < 4.78 is 10.8. The summed E-state index contributed by atoms with van der Waals surface area (Å²) >= 11 is 1.68. The second kappa shape index (κ2) is 4.33. The van der Waals surface area contributed by atoms with Crippen LogP contribution in [0, 0.1) is 0 Å². The summed E-state index contributed by atoms with van der Waals surface area (Å²) in [5.41, 5.74) is 6.94. The van der Waals surface area contributed by atoms with E-state index in [2.05, 4.69) is 13.0 Å². The van der Waals surface area contributed by atoms with E-state index in [1.807, 2.05) is 12.3 Å². The number of thioether (sulfide) groups is 1. The molecule has 1 aliphatic rings. The van der Waals surface area contributed by atoms with Crippen LogP contribution in [0.15, 0.2) is 17.0 Å². The minimum Gasteiger partial charge on any atom is -0.454 e. The first-order valence-electron chi connectivity index (χ1n) is 4.94. The maximum Gasteiger partial charge on any atom is 0.231 e. The van der Waals surface area contributed by atoms with E-state index in [0.717, 1.165) is 16.4 Å². The summed E-state index contributed by atoms with van der Waals surface area (Å²) in [6, 6.07) is 4.04. The van der Waals surface area contributed by atoms with E-state index in [1.165, 1.54) is 5.56 Å². The summed E-state index contributed by atoms with van der Waals surface area (Å²) in [5.74, 6) is 2.06. The Kier molecular flexibility index (Phi) is 3.07. The van der Waals surface area contributed by atoms with Crippen LogP contribution in [0.4, 0.5) is 0 Å². The van der Waals surface area contributed by atoms with Gasteiger partial charge in [-0.25, -0.2) is 0 Å². The summed E-state index contributed by atoms with van der Waals surface area (Å²) in [4.78, 5) is 1.16. The van der Waals surface area contributed by atoms with Gasteiger partial charge in [-0.15, -0.1) is 11.8 Å². The van der Waals surface area contributed by atoms with E-state index in [9.17, 15) is 0 Å². The van der Waals surface area contributed by atoms with Crippen molar-refractivity contribution >= 4 is 11.8 Å². The number of benzene rings is 1. The van der Waals surface area contributed by atoms with Gasteiger partial charge in [-0.05, 0) is 30.3 Å². The molecule has 0 fully saturated rings. The Bertz CT molecular complexity index is 368. The fourth-order valence-electron chi connectivity index (χ4n) is 1.69. The molecule has 2 N–H and O–H groups in total. The van der Waals surface area contributed by atoms with Crippen LogP contribution in [0.5, 0.6) is 11.5 Å². The van der Waals surface area contributed by atoms with E-state index in [0.29, 0.717) is 19.3 Å². The predicted octanol–water partition coefficient (Wildman–Crippen LogP) is 2.20. The summed E-state index contributed by atoms with van der Waals surface area (Å²) in [7, 11) is 0. The monoisotopic (exact) mass is 225 g/mol. The molecule has 1 atom stereocenters. The lowest BCUT2D eigenvalue weighted by atomic mass is 10.0. The van der Waals surface area contributed by atoms with Gasteiger partial charge < -0.3 is 15.2 Å². The highest BCUT2D eigenvalue weighted by Gasteiger charge is 2.22. The molecule has 3 nitrogen and oxygen atoms in total. The zero-order chi connectivity index (χ0) is 10.8. The predicted molar refractivity (Wildman–Crippen MR) is 61.8 cm³/mol. The van der Waals surface area contributed by atoms with Crippen molar-refractivity contribution in [3.63, 3.8) is 0 Å². The first-order valence-corrected chi connectivity index (χ1v) is 6.17. The number of hydrogen-bond acceptors (Lipinski definition) is 4. The van der Waals surface area contributed by atoms with Gasteiger partial charge >= 0.3 is 0 Å². The topological polar surface area (TPSA) is 44.5 Å². The molecule has 0 aromatic heterocycles. The van der Waals surface area contributed by atoms with Crippen molar-refractivity contribution in [3.05, 3.63) is 17.7 Å². The molecule has 1 aromatic rings. The zero-order valence-corrected chi connectivity index (χ0v) is 9.76. The van der Waals surface area contributed by atoms with Crippen molar-refractivity contribution in [1.29, 1.82) is 0 Å². The third kappa shape index (κ3) is 1.79. The van der Waals surface area contributed by atoms with Crippen LogP contribution in [0.2, 0.25) is 0 Å². The van der Waals surface area contributed by atoms with Crippen molar-refractivity contribution in [2.45, 2.75) is 17.7 Å². The highest BCUT2D eigenvalue weighted by Crippen LogP contribution is 2.44. The SMILES string of the molecule is CSc1c(C(C)CN)ccc2c1OCO2. The average molecular weight is 225 g/mol. The Hall–Kier alpha value is -0.870. The summed E-state index contributed by atoms with van der Waals surface area (Å²) in [6.07, 6.45) is 2.05. The quantitative estimate of drug-likeness (QED) is 0.801. The number of nitrogens with two attached hydrogens (primary N) is 1. The molecule has 0 saturated carbocycles. The summed E-state index contributed by atoms with van der Waals surface area (Å²) in [6.45, 7) is 3.09. The van der Waals surface area contributed by atoms with Crippen LogP contribution in [0.1, 0.15) is 18.4 Å². The first kappa shape index (κ1) is 10.6. The van der Waals surface area contributed by atoms with Gasteiger partial charge in [0.15, 0.2) is 11.5 Å². The fraction of sp³-hybridized carbons (Fsp3) is 0.455. The molecule has 0 bridgehead atoms. The van der Waals surface area contributed by atoms with Gasteiger partial charge in [0, 0.05) is 0 Å². The highest BCUT2D eigenvalue weighted by atomic mass is 32.2. The maximum atomic E-state index is 5.69. The molecular formula is C11H15NO2S. The Morgan fingerprint density at radius 1 is 1.47 bits per heavy atom. The van der Waals surface area contributed by atoms with E-state index in [4.69, 9.17) is 15.2 Å². The van der Waals surface area contributed by atoms with E-state index >= 15 is 0 Å². The molecule has 4 heteroatoms. The van der Waals surface area contributed by atoms with Gasteiger partial charge in [0.1, 0.15) is 0 Å². The molecule has 0 amide bonds. The Balaban J connectivity index is 2.48. The lowest BCUT2D eigenvalue weighted by Crippen LogP contribution is -2.09. The second-order valence-electron chi connectivity index (χ2n) is 3.56. The van der Waals surface area contributed by atoms with Crippen molar-refractivity contribution in [3.8, 4) is 11.5 Å². The van der Waals surface area contributed by atoms with Crippen LogP contribution < -0.4 is 15.2 Å². The Morgan fingerprint density at radius 2 is 2.27 bits per heavy atom. The van der Waals surface area contributed by atoms with E-state index in [1.54, 1.807) is 11.8 Å². The molecule has 82 valence electrons. The zero-order valence-electron chi connectivity index (χ0n) is 8.95. The molecule has 0 radical (unpaired) electrons. The van der Waals surface area contributed by atoms with Gasteiger partial charge in [-0.3, -0.25) is 0 Å².